The Hall–Kier alpha value is -4.89. The van der Waals surface area contributed by atoms with Gasteiger partial charge in [-0.25, -0.2) is 19.1 Å². The molecule has 0 bridgehead atoms. The van der Waals surface area contributed by atoms with Gasteiger partial charge in [-0.15, -0.1) is 11.8 Å². The average Bonchev–Trinajstić information content (AvgIpc) is 3.43. The first-order chi connectivity index (χ1) is 22.1. The highest BCUT2D eigenvalue weighted by Gasteiger charge is 2.43. The maximum absolute atomic E-state index is 13.6. The highest BCUT2D eigenvalue weighted by atomic mass is 32.2. The molecule has 5 aromatic rings. The van der Waals surface area contributed by atoms with E-state index >= 15 is 0 Å². The largest absolute Gasteiger partial charge is 0.368 e. The first kappa shape index (κ1) is 27.6. The smallest absolute Gasteiger partial charge is 0.179 e. The molecule has 3 aliphatic rings. The van der Waals surface area contributed by atoms with Gasteiger partial charge in [0.15, 0.2) is 17.5 Å². The number of aromatic nitrogens is 2. The van der Waals surface area contributed by atoms with Gasteiger partial charge in [0.1, 0.15) is 5.82 Å². The topological polar surface area (TPSA) is 52.3 Å². The van der Waals surface area contributed by atoms with Crippen LogP contribution in [0.15, 0.2) is 118 Å². The number of hydrogen-bond acceptors (Lipinski definition) is 7. The number of anilines is 2. The van der Waals surface area contributed by atoms with Crippen molar-refractivity contribution in [1.29, 1.82) is 0 Å². The number of hydrogen-bond donors (Lipinski definition) is 0. The zero-order chi connectivity index (χ0) is 30.5. The van der Waals surface area contributed by atoms with E-state index < -0.39 is 0 Å². The molecule has 7 nitrogen and oxygen atoms in total. The lowest BCUT2D eigenvalue weighted by Gasteiger charge is -2.44. The minimum Gasteiger partial charge on any atom is -0.368 e. The number of rotatable bonds is 4. The summed E-state index contributed by atoms with van der Waals surface area (Å²) in [5.41, 5.74) is 7.18. The molecular weight excluding hydrogens is 582 g/mol. The summed E-state index contributed by atoms with van der Waals surface area (Å²) in [6.07, 6.45) is 2.10. The van der Waals surface area contributed by atoms with Gasteiger partial charge in [0, 0.05) is 42.3 Å². The number of nitrogens with zero attached hydrogens (tertiary/aromatic N) is 7. The lowest BCUT2D eigenvalue weighted by Crippen LogP contribution is -2.55. The van der Waals surface area contributed by atoms with E-state index in [4.69, 9.17) is 15.1 Å². The van der Waals surface area contributed by atoms with E-state index in [1.54, 1.807) is 11.8 Å². The van der Waals surface area contributed by atoms with E-state index in [-0.39, 0.29) is 11.9 Å². The van der Waals surface area contributed by atoms with Crippen molar-refractivity contribution in [3.8, 4) is 5.69 Å². The first-order valence-electron chi connectivity index (χ1n) is 15.2. The highest BCUT2D eigenvalue weighted by molar-refractivity contribution is 7.98. The Kier molecular flexibility index (Phi) is 6.90. The number of piperazine rings is 1. The molecule has 4 heterocycles. The third-order valence-corrected chi connectivity index (χ3v) is 9.57. The Morgan fingerprint density at radius 1 is 0.711 bits per heavy atom. The Balaban J connectivity index is 1.27. The second-order valence-electron chi connectivity index (χ2n) is 11.4. The summed E-state index contributed by atoms with van der Waals surface area (Å²) in [5.74, 6) is 2.31. The van der Waals surface area contributed by atoms with E-state index in [1.165, 1.54) is 22.6 Å². The van der Waals surface area contributed by atoms with Gasteiger partial charge in [0.05, 0.1) is 28.8 Å². The summed E-state index contributed by atoms with van der Waals surface area (Å²) in [6, 6.07) is 34.1. The van der Waals surface area contributed by atoms with E-state index in [2.05, 4.69) is 82.5 Å². The van der Waals surface area contributed by atoms with Crippen LogP contribution in [0.3, 0.4) is 0 Å². The molecule has 4 aromatic carbocycles. The molecular formula is C36H32FN7S. The number of para-hydroxylation sites is 3. The van der Waals surface area contributed by atoms with Crippen LogP contribution in [0.2, 0.25) is 0 Å². The Labute approximate surface area is 266 Å². The summed E-state index contributed by atoms with van der Waals surface area (Å²) in [6.45, 7) is 5.21. The summed E-state index contributed by atoms with van der Waals surface area (Å²) < 4.78 is 15.6. The van der Waals surface area contributed by atoms with Gasteiger partial charge in [0.2, 0.25) is 0 Å². The van der Waals surface area contributed by atoms with Crippen LogP contribution in [-0.2, 0) is 0 Å². The minimum absolute atomic E-state index is 0.145. The quantitative estimate of drug-likeness (QED) is 0.196. The zero-order valence-electron chi connectivity index (χ0n) is 25.1. The summed E-state index contributed by atoms with van der Waals surface area (Å²) in [5, 5.41) is 5.07. The van der Waals surface area contributed by atoms with Crippen molar-refractivity contribution in [3.05, 3.63) is 126 Å². The highest BCUT2D eigenvalue weighted by Crippen LogP contribution is 2.48. The number of benzene rings is 4. The number of aryl methyl sites for hydroxylation is 1. The molecule has 9 heteroatoms. The predicted octanol–water partition coefficient (Wildman–Crippen LogP) is 7.55. The van der Waals surface area contributed by atoms with Crippen molar-refractivity contribution in [2.75, 3.05) is 42.2 Å². The Morgan fingerprint density at radius 2 is 1.40 bits per heavy atom. The molecule has 8 rings (SSSR count). The minimum atomic E-state index is -0.218. The van der Waals surface area contributed by atoms with E-state index in [0.29, 0.717) is 0 Å². The lowest BCUT2D eigenvalue weighted by molar-refractivity contribution is 0.389. The molecule has 0 amide bonds. The molecule has 0 radical (unpaired) electrons. The lowest BCUT2D eigenvalue weighted by atomic mass is 9.93. The van der Waals surface area contributed by atoms with Crippen LogP contribution in [0.25, 0.3) is 5.69 Å². The number of halogens is 1. The van der Waals surface area contributed by atoms with Crippen molar-refractivity contribution in [3.63, 3.8) is 0 Å². The molecule has 1 saturated heterocycles. The van der Waals surface area contributed by atoms with Crippen LogP contribution in [0.1, 0.15) is 22.9 Å². The second kappa shape index (κ2) is 11.2. The molecule has 1 fully saturated rings. The molecule has 0 N–H and O–H groups in total. The number of amidine groups is 2. The molecule has 0 aliphatic carbocycles. The van der Waals surface area contributed by atoms with E-state index in [0.717, 1.165) is 77.7 Å². The van der Waals surface area contributed by atoms with Crippen LogP contribution in [0, 0.1) is 12.7 Å². The number of thioether (sulfide) groups is 1. The average molecular weight is 614 g/mol. The molecule has 1 atom stereocenters. The first-order valence-corrected chi connectivity index (χ1v) is 16.4. The van der Waals surface area contributed by atoms with Gasteiger partial charge >= 0.3 is 0 Å². The summed E-state index contributed by atoms with van der Waals surface area (Å²) in [4.78, 5) is 18.9. The second-order valence-corrected chi connectivity index (χ2v) is 12.3. The molecule has 0 spiro atoms. The van der Waals surface area contributed by atoms with Crippen molar-refractivity contribution in [1.82, 2.24) is 14.7 Å². The van der Waals surface area contributed by atoms with Gasteiger partial charge in [-0.05, 0) is 79.4 Å². The standard InChI is InChI=1S/C36H32FN7S/c1-24-32-33(25-12-18-29(45-2)19-13-25)43-31-11-7-6-10-30(31)38-35(36(43)39-34(32)44(40-24)28-8-4-3-5-9-28)42-22-20-41(21-23-42)27-16-14-26(37)15-17-27/h3-19,33H,20-23H2,1-2H3. The van der Waals surface area contributed by atoms with Crippen molar-refractivity contribution in [2.45, 2.75) is 17.9 Å². The summed E-state index contributed by atoms with van der Waals surface area (Å²) in [7, 11) is 0. The zero-order valence-corrected chi connectivity index (χ0v) is 26.0. The molecule has 224 valence electrons. The number of fused-ring (bicyclic) bond motifs is 4. The fraction of sp³-hybridized carbons (Fsp3) is 0.194. The molecule has 45 heavy (non-hydrogen) atoms. The molecule has 3 aliphatic heterocycles. The van der Waals surface area contributed by atoms with Gasteiger partial charge in [-0.2, -0.15) is 5.10 Å². The van der Waals surface area contributed by atoms with E-state index in [9.17, 15) is 4.39 Å². The van der Waals surface area contributed by atoms with Gasteiger partial charge in [-0.3, -0.25) is 0 Å². The third-order valence-electron chi connectivity index (χ3n) is 8.82. The maximum atomic E-state index is 13.6. The fourth-order valence-corrected chi connectivity index (χ4v) is 7.00. The maximum Gasteiger partial charge on any atom is 0.179 e. The van der Waals surface area contributed by atoms with Crippen molar-refractivity contribution < 1.29 is 4.39 Å². The molecule has 0 saturated carbocycles. The summed E-state index contributed by atoms with van der Waals surface area (Å²) >= 11 is 1.74. The van der Waals surface area contributed by atoms with Gasteiger partial charge in [0.25, 0.3) is 0 Å². The Bertz CT molecular complexity index is 1930. The SMILES string of the molecule is CSc1ccc(C2c3c(C)nn(-c4ccccc4)c3N=C3C(N4CCN(c5ccc(F)cc5)CC4)=Nc4ccccc4N32)cc1. The molecule has 1 unspecified atom stereocenters. The number of aliphatic imine (C=N–C) groups is 2. The normalized spacial score (nSPS) is 17.3. The predicted molar refractivity (Wildman–Crippen MR) is 182 cm³/mol. The van der Waals surface area contributed by atoms with Crippen molar-refractivity contribution >= 4 is 46.3 Å². The van der Waals surface area contributed by atoms with Crippen LogP contribution >= 0.6 is 11.8 Å². The van der Waals surface area contributed by atoms with Crippen molar-refractivity contribution in [2.24, 2.45) is 9.98 Å². The molecule has 1 aromatic heterocycles. The van der Waals surface area contributed by atoms with Crippen LogP contribution in [-0.4, -0.2) is 58.8 Å². The Morgan fingerprint density at radius 3 is 2.13 bits per heavy atom. The van der Waals surface area contributed by atoms with Gasteiger partial charge in [-0.1, -0.05) is 42.5 Å². The monoisotopic (exact) mass is 613 g/mol. The third kappa shape index (κ3) is 4.78. The fourth-order valence-electron chi connectivity index (χ4n) is 6.59. The van der Waals surface area contributed by atoms with Gasteiger partial charge < -0.3 is 14.7 Å². The van der Waals surface area contributed by atoms with Crippen LogP contribution < -0.4 is 9.80 Å². The van der Waals surface area contributed by atoms with E-state index in [1.807, 2.05) is 41.1 Å². The van der Waals surface area contributed by atoms with Crippen LogP contribution in [0.4, 0.5) is 27.3 Å². The van der Waals surface area contributed by atoms with Crippen LogP contribution in [0.5, 0.6) is 0 Å².